The van der Waals surface area contributed by atoms with Crippen molar-refractivity contribution in [2.75, 3.05) is 17.4 Å². The molecule has 0 aliphatic rings. The highest BCUT2D eigenvalue weighted by atomic mass is 35.5. The fourth-order valence-electron chi connectivity index (χ4n) is 4.78. The van der Waals surface area contributed by atoms with Crippen molar-refractivity contribution in [1.29, 1.82) is 0 Å². The fraction of sp³-hybridized carbons (Fsp3) is 0.235. The van der Waals surface area contributed by atoms with Crippen LogP contribution in [0.4, 0.5) is 5.69 Å². The Balaban J connectivity index is 1.78. The molecule has 224 valence electrons. The topological polar surface area (TPSA) is 86.8 Å². The summed E-state index contributed by atoms with van der Waals surface area (Å²) < 4.78 is 29.1. The highest BCUT2D eigenvalue weighted by Gasteiger charge is 2.34. The summed E-state index contributed by atoms with van der Waals surface area (Å²) in [6, 6.07) is 30.7. The Bertz CT molecular complexity index is 1600. The number of likely N-dealkylation sites (N-methyl/N-ethyl adjacent to an activating group) is 1. The van der Waals surface area contributed by atoms with E-state index in [9.17, 15) is 18.0 Å². The third kappa shape index (κ3) is 8.24. The van der Waals surface area contributed by atoms with Crippen LogP contribution < -0.4 is 9.62 Å². The van der Waals surface area contributed by atoms with E-state index < -0.39 is 28.5 Å². The van der Waals surface area contributed by atoms with Gasteiger partial charge >= 0.3 is 0 Å². The van der Waals surface area contributed by atoms with E-state index in [2.05, 4.69) is 5.32 Å². The van der Waals surface area contributed by atoms with Gasteiger partial charge in [0.2, 0.25) is 11.8 Å². The lowest BCUT2D eigenvalue weighted by atomic mass is 10.0. The second kappa shape index (κ2) is 14.8. The molecule has 2 amide bonds. The maximum absolute atomic E-state index is 14.4. The molecule has 0 spiro atoms. The summed E-state index contributed by atoms with van der Waals surface area (Å²) in [5, 5.41) is 3.41. The van der Waals surface area contributed by atoms with Crippen molar-refractivity contribution >= 4 is 39.1 Å². The van der Waals surface area contributed by atoms with Crippen molar-refractivity contribution in [2.45, 2.75) is 44.2 Å². The Kier molecular flexibility index (Phi) is 11.0. The van der Waals surface area contributed by atoms with Gasteiger partial charge in [0.15, 0.2) is 0 Å². The monoisotopic (exact) mass is 617 g/mol. The fourth-order valence-corrected chi connectivity index (χ4v) is 6.34. The SMILES string of the molecule is CCNC(=O)C(Cc1ccccc1)N(Cc1ccc(Cl)cc1)C(=O)CN(c1ccc(CC)cc1)S(=O)(=O)c1ccccc1. The zero-order valence-corrected chi connectivity index (χ0v) is 25.9. The van der Waals surface area contributed by atoms with Gasteiger partial charge in [0.25, 0.3) is 10.0 Å². The summed E-state index contributed by atoms with van der Waals surface area (Å²) in [5.74, 6) is -0.834. The first-order valence-electron chi connectivity index (χ1n) is 14.2. The molecule has 0 fully saturated rings. The minimum Gasteiger partial charge on any atom is -0.355 e. The zero-order chi connectivity index (χ0) is 30.8. The second-order valence-corrected chi connectivity index (χ2v) is 12.4. The number of nitrogens with one attached hydrogen (secondary N) is 1. The molecule has 0 saturated carbocycles. The number of carbonyl (C=O) groups is 2. The van der Waals surface area contributed by atoms with Crippen molar-refractivity contribution in [3.63, 3.8) is 0 Å². The molecular weight excluding hydrogens is 582 g/mol. The van der Waals surface area contributed by atoms with Crippen molar-refractivity contribution < 1.29 is 18.0 Å². The highest BCUT2D eigenvalue weighted by Crippen LogP contribution is 2.26. The average Bonchev–Trinajstić information content (AvgIpc) is 3.03. The molecule has 1 unspecified atom stereocenters. The first-order chi connectivity index (χ1) is 20.7. The molecule has 9 heteroatoms. The van der Waals surface area contributed by atoms with E-state index in [4.69, 9.17) is 11.6 Å². The van der Waals surface area contributed by atoms with Crippen LogP contribution >= 0.6 is 11.6 Å². The van der Waals surface area contributed by atoms with Crippen LogP contribution in [0.3, 0.4) is 0 Å². The third-order valence-corrected chi connectivity index (χ3v) is 9.17. The van der Waals surface area contributed by atoms with E-state index in [1.54, 1.807) is 54.6 Å². The van der Waals surface area contributed by atoms with Crippen LogP contribution in [0.15, 0.2) is 114 Å². The third-order valence-electron chi connectivity index (χ3n) is 7.13. The molecule has 0 heterocycles. The highest BCUT2D eigenvalue weighted by molar-refractivity contribution is 7.92. The lowest BCUT2D eigenvalue weighted by Gasteiger charge is -2.34. The van der Waals surface area contributed by atoms with E-state index in [-0.39, 0.29) is 23.8 Å². The molecule has 1 N–H and O–H groups in total. The first-order valence-corrected chi connectivity index (χ1v) is 16.1. The second-order valence-electron chi connectivity index (χ2n) is 10.1. The van der Waals surface area contributed by atoms with Crippen LogP contribution in [0.25, 0.3) is 0 Å². The summed E-state index contributed by atoms with van der Waals surface area (Å²) in [6.07, 6.45) is 1.04. The molecule has 0 radical (unpaired) electrons. The molecule has 0 aromatic heterocycles. The predicted molar refractivity (Wildman–Crippen MR) is 171 cm³/mol. The number of sulfonamides is 1. The lowest BCUT2D eigenvalue weighted by molar-refractivity contribution is -0.140. The van der Waals surface area contributed by atoms with Gasteiger partial charge in [-0.25, -0.2) is 8.42 Å². The maximum atomic E-state index is 14.4. The van der Waals surface area contributed by atoms with E-state index in [1.165, 1.54) is 17.0 Å². The van der Waals surface area contributed by atoms with E-state index in [0.717, 1.165) is 27.4 Å². The Morgan fingerprint density at radius 1 is 0.767 bits per heavy atom. The number of nitrogens with zero attached hydrogens (tertiary/aromatic N) is 2. The van der Waals surface area contributed by atoms with Gasteiger partial charge in [-0.05, 0) is 66.4 Å². The number of amides is 2. The number of hydrogen-bond acceptors (Lipinski definition) is 4. The van der Waals surface area contributed by atoms with Crippen LogP contribution in [-0.4, -0.2) is 44.3 Å². The number of aryl methyl sites for hydroxylation is 1. The summed E-state index contributed by atoms with van der Waals surface area (Å²) in [7, 11) is -4.13. The quantitative estimate of drug-likeness (QED) is 0.203. The Hall–Kier alpha value is -4.14. The minimum atomic E-state index is -4.13. The van der Waals surface area contributed by atoms with Gasteiger partial charge < -0.3 is 10.2 Å². The number of halogens is 1. The van der Waals surface area contributed by atoms with Gasteiger partial charge in [0, 0.05) is 24.5 Å². The number of carbonyl (C=O) groups excluding carboxylic acids is 2. The average molecular weight is 618 g/mol. The first kappa shape index (κ1) is 31.8. The summed E-state index contributed by atoms with van der Waals surface area (Å²) in [6.45, 7) is 3.79. The number of benzene rings is 4. The zero-order valence-electron chi connectivity index (χ0n) is 24.3. The summed E-state index contributed by atoms with van der Waals surface area (Å²) in [4.78, 5) is 29.4. The van der Waals surface area contributed by atoms with Crippen molar-refractivity contribution in [1.82, 2.24) is 10.2 Å². The molecule has 0 aliphatic heterocycles. The lowest BCUT2D eigenvalue weighted by Crippen LogP contribution is -2.53. The molecule has 0 bridgehead atoms. The predicted octanol–water partition coefficient (Wildman–Crippen LogP) is 5.87. The number of rotatable bonds is 13. The standard InChI is InChI=1S/C34H36ClN3O4S/c1-3-26-17-21-30(22-18-26)38(43(41,42)31-13-9-6-10-14-31)25-33(39)37(24-28-15-19-29(35)20-16-28)32(34(40)36-4-2)23-27-11-7-5-8-12-27/h5-22,32H,3-4,23-25H2,1-2H3,(H,36,40). The van der Waals surface area contributed by atoms with Crippen LogP contribution in [0.1, 0.15) is 30.5 Å². The van der Waals surface area contributed by atoms with Crippen molar-refractivity contribution in [3.8, 4) is 0 Å². The Morgan fingerprint density at radius 3 is 1.93 bits per heavy atom. The molecule has 4 aromatic carbocycles. The summed E-state index contributed by atoms with van der Waals surface area (Å²) in [5.41, 5.74) is 3.02. The summed E-state index contributed by atoms with van der Waals surface area (Å²) >= 11 is 6.12. The number of anilines is 1. The molecule has 43 heavy (non-hydrogen) atoms. The molecule has 4 aromatic rings. The minimum absolute atomic E-state index is 0.0659. The van der Waals surface area contributed by atoms with Gasteiger partial charge in [-0.2, -0.15) is 0 Å². The van der Waals surface area contributed by atoms with Crippen LogP contribution in [0.5, 0.6) is 0 Å². The maximum Gasteiger partial charge on any atom is 0.264 e. The van der Waals surface area contributed by atoms with E-state index in [0.29, 0.717) is 17.3 Å². The van der Waals surface area contributed by atoms with Crippen molar-refractivity contribution in [2.24, 2.45) is 0 Å². The molecule has 7 nitrogen and oxygen atoms in total. The van der Waals surface area contributed by atoms with Gasteiger partial charge in [-0.1, -0.05) is 91.3 Å². The normalized spacial score (nSPS) is 11.9. The molecule has 0 aliphatic carbocycles. The van der Waals surface area contributed by atoms with E-state index in [1.807, 2.05) is 56.3 Å². The van der Waals surface area contributed by atoms with Gasteiger partial charge in [0.1, 0.15) is 12.6 Å². The molecule has 0 saturated heterocycles. The van der Waals surface area contributed by atoms with Crippen LogP contribution in [0.2, 0.25) is 5.02 Å². The smallest absolute Gasteiger partial charge is 0.264 e. The van der Waals surface area contributed by atoms with Crippen molar-refractivity contribution in [3.05, 3.63) is 131 Å². The largest absolute Gasteiger partial charge is 0.355 e. The van der Waals surface area contributed by atoms with Crippen LogP contribution in [0, 0.1) is 0 Å². The van der Waals surface area contributed by atoms with Gasteiger partial charge in [-0.15, -0.1) is 0 Å². The van der Waals surface area contributed by atoms with E-state index >= 15 is 0 Å². The van der Waals surface area contributed by atoms with Gasteiger partial charge in [0.05, 0.1) is 10.6 Å². The molecular formula is C34H36ClN3O4S. The Labute approximate surface area is 259 Å². The molecule has 4 rings (SSSR count). The molecule has 1 atom stereocenters. The van der Waals surface area contributed by atoms with Crippen LogP contribution in [-0.2, 0) is 39.0 Å². The van der Waals surface area contributed by atoms with Gasteiger partial charge in [-0.3, -0.25) is 13.9 Å². The Morgan fingerprint density at radius 2 is 1.35 bits per heavy atom. The number of hydrogen-bond donors (Lipinski definition) is 1.